The molecule has 1 unspecified atom stereocenters. The molecule has 0 radical (unpaired) electrons. The zero-order chi connectivity index (χ0) is 29.2. The van der Waals surface area contributed by atoms with E-state index in [0.29, 0.717) is 29.7 Å². The molecular weight excluding hydrogens is 525 g/mol. The van der Waals surface area contributed by atoms with Gasteiger partial charge in [0.2, 0.25) is 18.0 Å². The summed E-state index contributed by atoms with van der Waals surface area (Å²) >= 11 is 0. The lowest BCUT2D eigenvalue weighted by Crippen LogP contribution is -2.54. The zero-order valence-electron chi connectivity index (χ0n) is 22.6. The van der Waals surface area contributed by atoms with Gasteiger partial charge in [0.25, 0.3) is 5.91 Å². The summed E-state index contributed by atoms with van der Waals surface area (Å²) in [5, 5.41) is 15.5. The van der Waals surface area contributed by atoms with Crippen molar-refractivity contribution in [3.63, 3.8) is 0 Å². The highest BCUT2D eigenvalue weighted by molar-refractivity contribution is 6.20. The molecule has 2 aliphatic rings. The van der Waals surface area contributed by atoms with Crippen molar-refractivity contribution in [1.82, 2.24) is 10.6 Å². The largest absolute Gasteiger partial charge is 0.416 e. The Bertz CT molecular complexity index is 1300. The van der Waals surface area contributed by atoms with Gasteiger partial charge in [0.1, 0.15) is 6.10 Å². The predicted molar refractivity (Wildman–Crippen MR) is 144 cm³/mol. The molecule has 2 aromatic rings. The number of nitrogens with zero attached hydrogens (tertiary/aromatic N) is 2. The van der Waals surface area contributed by atoms with Crippen molar-refractivity contribution < 1.29 is 32.7 Å². The highest BCUT2D eigenvalue weighted by Crippen LogP contribution is 2.38. The standard InChI is InChI=1S/C29H33F3N4O4/c1-17(2)23(37)25(38)33-16-28(14-6-7-15-28)27(40)35-24-26(39)36(3)21-9-5-4-8-20(21)22(34-24)18-10-12-19(13-11-18)29(30,31)32/h4-5,8-13,17,23-24,37H,6-7,14-16H2,1-3H3,(H,33,38)(H,35,40)/t23-,24?/m0/s1. The number of aliphatic hydroxyl groups is 1. The van der Waals surface area contributed by atoms with Crippen LogP contribution >= 0.6 is 0 Å². The summed E-state index contributed by atoms with van der Waals surface area (Å²) in [7, 11) is 1.55. The third-order valence-electron chi connectivity index (χ3n) is 7.64. The van der Waals surface area contributed by atoms with Gasteiger partial charge in [0.15, 0.2) is 0 Å². The molecule has 8 nitrogen and oxygen atoms in total. The van der Waals surface area contributed by atoms with Gasteiger partial charge in [-0.15, -0.1) is 0 Å². The van der Waals surface area contributed by atoms with Crippen LogP contribution in [0.25, 0.3) is 0 Å². The van der Waals surface area contributed by atoms with Crippen LogP contribution in [0, 0.1) is 11.3 Å². The number of benzene rings is 2. The van der Waals surface area contributed by atoms with Gasteiger partial charge >= 0.3 is 6.18 Å². The van der Waals surface area contributed by atoms with E-state index in [1.54, 1.807) is 45.2 Å². The van der Waals surface area contributed by atoms with Gasteiger partial charge in [-0.25, -0.2) is 4.99 Å². The van der Waals surface area contributed by atoms with Crippen molar-refractivity contribution >= 4 is 29.1 Å². The number of amides is 3. The molecule has 1 heterocycles. The lowest BCUT2D eigenvalue weighted by molar-refractivity contribution is -0.138. The second kappa shape index (κ2) is 11.4. The van der Waals surface area contributed by atoms with E-state index in [0.717, 1.165) is 25.0 Å². The number of aliphatic hydroxyl groups excluding tert-OH is 1. The Morgan fingerprint density at radius 2 is 1.73 bits per heavy atom. The normalized spacial score (nSPS) is 19.5. The Labute approximate surface area is 230 Å². The van der Waals surface area contributed by atoms with Gasteiger partial charge in [-0.2, -0.15) is 13.2 Å². The second-order valence-corrected chi connectivity index (χ2v) is 10.7. The number of fused-ring (bicyclic) bond motifs is 1. The monoisotopic (exact) mass is 558 g/mol. The van der Waals surface area contributed by atoms with Gasteiger partial charge in [-0.05, 0) is 37.0 Å². The molecule has 0 spiro atoms. The van der Waals surface area contributed by atoms with E-state index in [2.05, 4.69) is 15.6 Å². The lowest BCUT2D eigenvalue weighted by atomic mass is 9.84. The van der Waals surface area contributed by atoms with Gasteiger partial charge in [-0.1, -0.05) is 57.0 Å². The van der Waals surface area contributed by atoms with E-state index in [1.807, 2.05) is 0 Å². The van der Waals surface area contributed by atoms with Crippen LogP contribution in [0.1, 0.15) is 56.2 Å². The minimum atomic E-state index is -4.51. The van der Waals surface area contributed by atoms with E-state index < -0.39 is 47.1 Å². The molecule has 0 bridgehead atoms. The van der Waals surface area contributed by atoms with Crippen molar-refractivity contribution in [2.24, 2.45) is 16.3 Å². The Morgan fingerprint density at radius 1 is 1.10 bits per heavy atom. The fraction of sp³-hybridized carbons (Fsp3) is 0.448. The average Bonchev–Trinajstić information content (AvgIpc) is 3.39. The fourth-order valence-electron chi connectivity index (χ4n) is 5.14. The number of hydrogen-bond acceptors (Lipinski definition) is 5. The van der Waals surface area contributed by atoms with E-state index >= 15 is 0 Å². The average molecular weight is 559 g/mol. The number of anilines is 1. The van der Waals surface area contributed by atoms with Crippen LogP contribution in [0.5, 0.6) is 0 Å². The van der Waals surface area contributed by atoms with Crippen molar-refractivity contribution in [3.8, 4) is 0 Å². The third kappa shape index (κ3) is 5.89. The minimum absolute atomic E-state index is 0.00605. The molecule has 1 aliphatic carbocycles. The number of aliphatic imine (C=N–C) groups is 1. The summed E-state index contributed by atoms with van der Waals surface area (Å²) in [6, 6.07) is 11.4. The number of carbonyl (C=O) groups is 3. The smallest absolute Gasteiger partial charge is 0.383 e. The molecule has 0 saturated heterocycles. The number of carbonyl (C=O) groups excluding carboxylic acids is 3. The van der Waals surface area contributed by atoms with Crippen molar-refractivity contribution in [2.75, 3.05) is 18.5 Å². The molecule has 11 heteroatoms. The summed E-state index contributed by atoms with van der Waals surface area (Å²) in [6.07, 6.45) is -4.62. The Hall–Kier alpha value is -3.73. The molecule has 3 amide bonds. The third-order valence-corrected chi connectivity index (χ3v) is 7.64. The maximum absolute atomic E-state index is 13.7. The number of halogens is 3. The molecule has 1 saturated carbocycles. The van der Waals surface area contributed by atoms with Crippen LogP contribution < -0.4 is 15.5 Å². The van der Waals surface area contributed by atoms with Gasteiger partial charge in [-0.3, -0.25) is 14.4 Å². The zero-order valence-corrected chi connectivity index (χ0v) is 22.6. The number of para-hydroxylation sites is 1. The molecule has 2 atom stereocenters. The Balaban J connectivity index is 1.67. The van der Waals surface area contributed by atoms with Crippen LogP contribution in [-0.2, 0) is 20.6 Å². The molecule has 214 valence electrons. The van der Waals surface area contributed by atoms with Crippen LogP contribution in [-0.4, -0.2) is 54.4 Å². The highest BCUT2D eigenvalue weighted by atomic mass is 19.4. The van der Waals surface area contributed by atoms with E-state index in [9.17, 15) is 32.7 Å². The van der Waals surface area contributed by atoms with Gasteiger partial charge < -0.3 is 20.6 Å². The van der Waals surface area contributed by atoms with Gasteiger partial charge in [0, 0.05) is 24.7 Å². The molecule has 40 heavy (non-hydrogen) atoms. The maximum Gasteiger partial charge on any atom is 0.416 e. The summed E-state index contributed by atoms with van der Waals surface area (Å²) in [5.41, 5.74) is -0.165. The van der Waals surface area contributed by atoms with Crippen LogP contribution in [0.3, 0.4) is 0 Å². The minimum Gasteiger partial charge on any atom is -0.383 e. The van der Waals surface area contributed by atoms with Gasteiger partial charge in [0.05, 0.1) is 22.4 Å². The quantitative estimate of drug-likeness (QED) is 0.482. The maximum atomic E-state index is 13.7. The SMILES string of the molecule is CC(C)[C@H](O)C(=O)NCC1(C(=O)NC2N=C(c3ccc(C(F)(F)F)cc3)c3ccccc3N(C)C2=O)CCCC1. The van der Waals surface area contributed by atoms with Crippen molar-refractivity contribution in [3.05, 3.63) is 65.2 Å². The molecule has 0 aromatic heterocycles. The molecule has 3 N–H and O–H groups in total. The molecule has 1 aliphatic heterocycles. The number of rotatable bonds is 7. The van der Waals surface area contributed by atoms with E-state index in [-0.39, 0.29) is 18.2 Å². The summed E-state index contributed by atoms with van der Waals surface area (Å²) in [5.74, 6) is -1.85. The molecule has 2 aromatic carbocycles. The summed E-state index contributed by atoms with van der Waals surface area (Å²) < 4.78 is 39.6. The number of nitrogens with one attached hydrogen (secondary N) is 2. The van der Waals surface area contributed by atoms with E-state index in [1.165, 1.54) is 17.0 Å². The van der Waals surface area contributed by atoms with Crippen molar-refractivity contribution in [1.29, 1.82) is 0 Å². The topological polar surface area (TPSA) is 111 Å². The summed E-state index contributed by atoms with van der Waals surface area (Å²) in [6.45, 7) is 3.41. The molecular formula is C29H33F3N4O4. The van der Waals surface area contributed by atoms with Crippen molar-refractivity contribution in [2.45, 2.75) is 58.0 Å². The number of alkyl halides is 3. The number of benzodiazepines with no additional fused rings is 1. The second-order valence-electron chi connectivity index (χ2n) is 10.7. The van der Waals surface area contributed by atoms with Crippen LogP contribution in [0.15, 0.2) is 53.5 Å². The predicted octanol–water partition coefficient (Wildman–Crippen LogP) is 3.66. The summed E-state index contributed by atoms with van der Waals surface area (Å²) in [4.78, 5) is 45.6. The fourth-order valence-corrected chi connectivity index (χ4v) is 5.14. The molecule has 4 rings (SSSR count). The first-order valence-electron chi connectivity index (χ1n) is 13.2. The number of likely N-dealkylation sites (N-methyl/N-ethyl adjacent to an activating group) is 1. The van der Waals surface area contributed by atoms with E-state index in [4.69, 9.17) is 0 Å². The first-order valence-corrected chi connectivity index (χ1v) is 13.2. The Kier molecular flexibility index (Phi) is 8.34. The molecule has 1 fully saturated rings. The van der Waals surface area contributed by atoms with Crippen LogP contribution in [0.4, 0.5) is 18.9 Å². The number of hydrogen-bond donors (Lipinski definition) is 3. The first kappa shape index (κ1) is 29.3. The lowest BCUT2D eigenvalue weighted by Gasteiger charge is -2.30. The Morgan fingerprint density at radius 3 is 2.33 bits per heavy atom. The van der Waals surface area contributed by atoms with Crippen LogP contribution in [0.2, 0.25) is 0 Å². The first-order chi connectivity index (χ1) is 18.8. The highest BCUT2D eigenvalue weighted by Gasteiger charge is 2.44.